The third-order valence-electron chi connectivity index (χ3n) is 5.82. The average Bonchev–Trinajstić information content (AvgIpc) is 2.83. The number of thiocarbonyl (C=S) groups is 1. The van der Waals surface area contributed by atoms with Crippen LogP contribution in [0, 0.1) is 0 Å². The summed E-state index contributed by atoms with van der Waals surface area (Å²) in [7, 11) is -3.56. The van der Waals surface area contributed by atoms with Crippen LogP contribution in [0.3, 0.4) is 0 Å². The highest BCUT2D eigenvalue weighted by atomic mass is 32.2. The molecular formula is C26H27N3O3S2. The van der Waals surface area contributed by atoms with Crippen LogP contribution in [-0.4, -0.2) is 25.5 Å². The molecule has 34 heavy (non-hydrogen) atoms. The Hall–Kier alpha value is -3.07. The van der Waals surface area contributed by atoms with Crippen LogP contribution < -0.4 is 15.4 Å². The number of carbonyl (C=O) groups is 1. The second-order valence-corrected chi connectivity index (χ2v) is 10.4. The fourth-order valence-corrected chi connectivity index (χ4v) is 5.63. The Morgan fingerprint density at radius 2 is 1.62 bits per heavy atom. The lowest BCUT2D eigenvalue weighted by Gasteiger charge is -2.22. The number of nitrogens with one attached hydrogen (secondary N) is 3. The summed E-state index contributed by atoms with van der Waals surface area (Å²) in [5.41, 5.74) is 1.52. The molecule has 3 aromatic rings. The lowest BCUT2D eigenvalue weighted by molar-refractivity contribution is -0.115. The summed E-state index contributed by atoms with van der Waals surface area (Å²) in [6.07, 6.45) is 8.20. The van der Waals surface area contributed by atoms with E-state index < -0.39 is 10.0 Å². The summed E-state index contributed by atoms with van der Waals surface area (Å²) in [5, 5.41) is 7.81. The molecule has 0 atom stereocenters. The summed E-state index contributed by atoms with van der Waals surface area (Å²) < 4.78 is 28.1. The van der Waals surface area contributed by atoms with Crippen LogP contribution in [0.2, 0.25) is 0 Å². The van der Waals surface area contributed by atoms with Gasteiger partial charge in [0.15, 0.2) is 5.11 Å². The van der Waals surface area contributed by atoms with Gasteiger partial charge in [0.2, 0.25) is 15.9 Å². The van der Waals surface area contributed by atoms with Crippen molar-refractivity contribution in [3.63, 3.8) is 0 Å². The molecule has 0 spiro atoms. The second kappa shape index (κ2) is 10.9. The average molecular weight is 494 g/mol. The Bertz CT molecular complexity index is 1310. The van der Waals surface area contributed by atoms with Gasteiger partial charge in [-0.05, 0) is 71.7 Å². The minimum atomic E-state index is -3.56. The zero-order valence-corrected chi connectivity index (χ0v) is 20.3. The molecule has 0 aliphatic heterocycles. The number of rotatable bonds is 6. The van der Waals surface area contributed by atoms with Gasteiger partial charge < -0.3 is 5.32 Å². The predicted octanol–water partition coefficient (Wildman–Crippen LogP) is 4.98. The van der Waals surface area contributed by atoms with Crippen LogP contribution >= 0.6 is 12.2 Å². The van der Waals surface area contributed by atoms with Gasteiger partial charge >= 0.3 is 0 Å². The molecule has 1 amide bonds. The third-order valence-corrected chi connectivity index (χ3v) is 7.56. The Morgan fingerprint density at radius 1 is 0.912 bits per heavy atom. The molecule has 4 rings (SSSR count). The van der Waals surface area contributed by atoms with Crippen molar-refractivity contribution in [1.29, 1.82) is 0 Å². The highest BCUT2D eigenvalue weighted by Gasteiger charge is 2.21. The fourth-order valence-electron chi connectivity index (χ4n) is 4.10. The molecule has 1 saturated carbocycles. The standard InChI is InChI=1S/C26H27N3O3S2/c30-25(18-13-20-9-6-8-19-7-4-5-12-24(19)20)28-26(33)27-21-14-16-23(17-15-21)34(31,32)29-22-10-2-1-3-11-22/h4-9,12-18,22,29H,1-3,10-11H2,(H2,27,28,30,33). The van der Waals surface area contributed by atoms with E-state index in [1.807, 2.05) is 42.5 Å². The van der Waals surface area contributed by atoms with Crippen molar-refractivity contribution in [3.8, 4) is 0 Å². The molecule has 0 heterocycles. The number of amides is 1. The van der Waals surface area contributed by atoms with Crippen molar-refractivity contribution >= 4 is 55.8 Å². The summed E-state index contributed by atoms with van der Waals surface area (Å²) in [6.45, 7) is 0. The van der Waals surface area contributed by atoms with E-state index in [0.717, 1.165) is 48.4 Å². The maximum absolute atomic E-state index is 12.6. The number of sulfonamides is 1. The van der Waals surface area contributed by atoms with Gasteiger partial charge in [-0.1, -0.05) is 61.7 Å². The number of carbonyl (C=O) groups excluding carboxylic acids is 1. The summed E-state index contributed by atoms with van der Waals surface area (Å²) in [4.78, 5) is 12.5. The van der Waals surface area contributed by atoms with Crippen LogP contribution in [-0.2, 0) is 14.8 Å². The minimum absolute atomic E-state index is 0.00118. The molecule has 3 aromatic carbocycles. The molecule has 1 aliphatic rings. The first kappa shape index (κ1) is 24.1. The molecule has 0 bridgehead atoms. The van der Waals surface area contributed by atoms with E-state index >= 15 is 0 Å². The highest BCUT2D eigenvalue weighted by molar-refractivity contribution is 7.89. The molecule has 0 saturated heterocycles. The monoisotopic (exact) mass is 493 g/mol. The largest absolute Gasteiger partial charge is 0.332 e. The molecule has 6 nitrogen and oxygen atoms in total. The summed E-state index contributed by atoms with van der Waals surface area (Å²) in [6, 6.07) is 20.2. The first-order chi connectivity index (χ1) is 16.4. The van der Waals surface area contributed by atoms with E-state index in [1.54, 1.807) is 18.2 Å². The number of benzene rings is 3. The maximum atomic E-state index is 12.6. The minimum Gasteiger partial charge on any atom is -0.332 e. The van der Waals surface area contributed by atoms with Crippen LogP contribution in [0.15, 0.2) is 77.7 Å². The van der Waals surface area contributed by atoms with E-state index in [1.165, 1.54) is 18.2 Å². The van der Waals surface area contributed by atoms with Crippen LogP contribution in [0.4, 0.5) is 5.69 Å². The molecule has 0 unspecified atom stereocenters. The lowest BCUT2D eigenvalue weighted by atomic mass is 9.96. The van der Waals surface area contributed by atoms with Gasteiger partial charge in [0, 0.05) is 17.8 Å². The molecule has 0 radical (unpaired) electrons. The predicted molar refractivity (Wildman–Crippen MR) is 141 cm³/mol. The van der Waals surface area contributed by atoms with Gasteiger partial charge in [-0.25, -0.2) is 13.1 Å². The zero-order chi connectivity index (χ0) is 24.0. The highest BCUT2D eigenvalue weighted by Crippen LogP contribution is 2.21. The molecule has 3 N–H and O–H groups in total. The molecule has 176 valence electrons. The van der Waals surface area contributed by atoms with E-state index in [4.69, 9.17) is 12.2 Å². The first-order valence-corrected chi connectivity index (χ1v) is 13.2. The van der Waals surface area contributed by atoms with Crippen LogP contribution in [0.5, 0.6) is 0 Å². The van der Waals surface area contributed by atoms with Crippen molar-refractivity contribution in [1.82, 2.24) is 10.0 Å². The van der Waals surface area contributed by atoms with Gasteiger partial charge in [-0.2, -0.15) is 0 Å². The fraction of sp³-hybridized carbons (Fsp3) is 0.231. The Balaban J connectivity index is 1.32. The lowest BCUT2D eigenvalue weighted by Crippen LogP contribution is -2.36. The van der Waals surface area contributed by atoms with E-state index in [9.17, 15) is 13.2 Å². The Kier molecular flexibility index (Phi) is 7.72. The number of anilines is 1. The molecule has 8 heteroatoms. The van der Waals surface area contributed by atoms with Crippen molar-refractivity contribution in [3.05, 3.63) is 78.4 Å². The number of fused-ring (bicyclic) bond motifs is 1. The first-order valence-electron chi connectivity index (χ1n) is 11.3. The SMILES string of the molecule is O=C(C=Cc1cccc2ccccc12)NC(=S)Nc1ccc(S(=O)(=O)NC2CCCCC2)cc1. The topological polar surface area (TPSA) is 87.3 Å². The van der Waals surface area contributed by atoms with Crippen molar-refractivity contribution < 1.29 is 13.2 Å². The normalized spacial score (nSPS) is 14.8. The summed E-state index contributed by atoms with van der Waals surface area (Å²) in [5.74, 6) is -0.360. The number of hydrogen-bond acceptors (Lipinski definition) is 4. The van der Waals surface area contributed by atoms with Gasteiger partial charge in [-0.15, -0.1) is 0 Å². The zero-order valence-electron chi connectivity index (χ0n) is 18.7. The molecule has 1 fully saturated rings. The van der Waals surface area contributed by atoms with Gasteiger partial charge in [0.1, 0.15) is 0 Å². The quantitative estimate of drug-likeness (QED) is 0.333. The maximum Gasteiger partial charge on any atom is 0.250 e. The van der Waals surface area contributed by atoms with E-state index in [0.29, 0.717) is 5.69 Å². The van der Waals surface area contributed by atoms with E-state index in [-0.39, 0.29) is 22.0 Å². The molecule has 1 aliphatic carbocycles. The van der Waals surface area contributed by atoms with Crippen molar-refractivity contribution in [2.45, 2.75) is 43.0 Å². The smallest absolute Gasteiger partial charge is 0.250 e. The van der Waals surface area contributed by atoms with Gasteiger partial charge in [-0.3, -0.25) is 10.1 Å². The molecular weight excluding hydrogens is 466 g/mol. The second-order valence-electron chi connectivity index (χ2n) is 8.33. The third kappa shape index (κ3) is 6.28. The number of hydrogen-bond donors (Lipinski definition) is 3. The Morgan fingerprint density at radius 3 is 2.38 bits per heavy atom. The van der Waals surface area contributed by atoms with Crippen molar-refractivity contribution in [2.24, 2.45) is 0 Å². The Labute approximate surface area is 205 Å². The van der Waals surface area contributed by atoms with Crippen LogP contribution in [0.25, 0.3) is 16.8 Å². The van der Waals surface area contributed by atoms with Crippen LogP contribution in [0.1, 0.15) is 37.7 Å². The van der Waals surface area contributed by atoms with Crippen molar-refractivity contribution in [2.75, 3.05) is 5.32 Å². The van der Waals surface area contributed by atoms with Gasteiger partial charge in [0.05, 0.1) is 4.90 Å². The molecule has 0 aromatic heterocycles. The van der Waals surface area contributed by atoms with Gasteiger partial charge in [0.25, 0.3) is 0 Å². The summed E-state index contributed by atoms with van der Waals surface area (Å²) >= 11 is 5.23. The van der Waals surface area contributed by atoms with E-state index in [2.05, 4.69) is 15.4 Å².